The highest BCUT2D eigenvalue weighted by Gasteiger charge is 2.61. The number of aromatic nitrogens is 2. The van der Waals surface area contributed by atoms with Crippen LogP contribution in [0.25, 0.3) is 0 Å². The molecule has 4 bridgehead atoms. The number of fused-ring (bicyclic) bond motifs is 1. The molecule has 6 rings (SSSR count). The zero-order chi connectivity index (χ0) is 17.9. The number of nitrogens with zero attached hydrogens (tertiary/aromatic N) is 3. The van der Waals surface area contributed by atoms with Crippen molar-refractivity contribution in [2.24, 2.45) is 17.3 Å². The van der Waals surface area contributed by atoms with Crippen LogP contribution in [0.4, 0.5) is 4.79 Å². The van der Waals surface area contributed by atoms with Gasteiger partial charge in [-0.1, -0.05) is 11.8 Å². The maximum absolute atomic E-state index is 13.7. The lowest BCUT2D eigenvalue weighted by Gasteiger charge is -2.62. The fourth-order valence-electron chi connectivity index (χ4n) is 6.62. The Morgan fingerprint density at radius 3 is 2.73 bits per heavy atom. The minimum atomic E-state index is -0.266. The summed E-state index contributed by atoms with van der Waals surface area (Å²) >= 11 is 1.25. The van der Waals surface area contributed by atoms with E-state index in [4.69, 9.17) is 0 Å². The topological polar surface area (TPSA) is 67.2 Å². The number of nitrogens with one attached hydrogen (secondary N) is 1. The first-order chi connectivity index (χ1) is 12.5. The van der Waals surface area contributed by atoms with Gasteiger partial charge in [0.15, 0.2) is 0 Å². The third kappa shape index (κ3) is 2.50. The molecule has 0 spiro atoms. The minimum absolute atomic E-state index is 0.0522. The molecular weight excluding hydrogens is 348 g/mol. The summed E-state index contributed by atoms with van der Waals surface area (Å²) in [5.74, 6) is 1.48. The second-order valence-corrected chi connectivity index (χ2v) is 9.72. The van der Waals surface area contributed by atoms with Crippen molar-refractivity contribution < 1.29 is 9.59 Å². The molecule has 4 atom stereocenters. The summed E-state index contributed by atoms with van der Waals surface area (Å²) in [6.45, 7) is 2.27. The average Bonchev–Trinajstić information content (AvgIpc) is 3.07. The number of carbonyl (C=O) groups is 2. The highest BCUT2D eigenvalue weighted by atomic mass is 32.2. The molecule has 4 fully saturated rings. The number of amides is 2. The van der Waals surface area contributed by atoms with Gasteiger partial charge in [-0.2, -0.15) is 0 Å². The van der Waals surface area contributed by atoms with E-state index in [1.165, 1.54) is 18.2 Å². The monoisotopic (exact) mass is 374 g/mol. The number of hydrogen-bond acceptors (Lipinski definition) is 4. The maximum atomic E-state index is 13.7. The lowest BCUT2D eigenvalue weighted by molar-refractivity contribution is -0.162. The first-order valence-corrected chi connectivity index (χ1v) is 10.9. The van der Waals surface area contributed by atoms with Crippen LogP contribution >= 0.6 is 11.8 Å². The third-order valence-electron chi connectivity index (χ3n) is 7.12. The number of rotatable bonds is 2. The van der Waals surface area contributed by atoms with Crippen molar-refractivity contribution in [1.29, 1.82) is 0 Å². The fraction of sp³-hybridized carbons (Fsp3) is 0.737. The Bertz CT molecular complexity index is 746. The molecule has 1 N–H and O–H groups in total. The smallest absolute Gasteiger partial charge is 0.279 e. The van der Waals surface area contributed by atoms with E-state index in [0.717, 1.165) is 50.9 Å². The summed E-state index contributed by atoms with van der Waals surface area (Å²) < 4.78 is 2.14. The Balaban J connectivity index is 1.41. The summed E-state index contributed by atoms with van der Waals surface area (Å²) in [5.41, 5.74) is 0.703. The van der Waals surface area contributed by atoms with Gasteiger partial charge in [0.05, 0.1) is 24.0 Å². The second-order valence-electron chi connectivity index (χ2n) is 8.94. The molecule has 1 aliphatic heterocycles. The number of imidazole rings is 1. The van der Waals surface area contributed by atoms with E-state index in [1.54, 1.807) is 0 Å². The maximum Gasteiger partial charge on any atom is 0.279 e. The predicted molar refractivity (Wildman–Crippen MR) is 99.5 cm³/mol. The zero-order valence-electron chi connectivity index (χ0n) is 15.2. The van der Waals surface area contributed by atoms with Crippen LogP contribution < -0.4 is 5.32 Å². The molecule has 140 valence electrons. The standard InChI is InChI=1S/C19H26N4O2S/c1-26-17(25)21-19-7-13-4-14(8-19)6-18(5-13,11-19)16(24)22-2-3-23-12-20-9-15(23)10-22/h9,12-14H,2-8,10-11H2,1H3,(H,21,25)/t13-,14+,18?,19?. The van der Waals surface area contributed by atoms with E-state index in [0.29, 0.717) is 24.3 Å². The van der Waals surface area contributed by atoms with E-state index in [1.807, 2.05) is 23.7 Å². The SMILES string of the molecule is CSC(=O)NC12C[C@H]3C[C@@H](C1)CC(C(=O)N1CCn4cncc4C1)(C3)C2. The van der Waals surface area contributed by atoms with Crippen molar-refractivity contribution in [2.45, 2.75) is 57.2 Å². The summed E-state index contributed by atoms with van der Waals surface area (Å²) in [4.78, 5) is 32.1. The zero-order valence-corrected chi connectivity index (χ0v) is 16.1. The van der Waals surface area contributed by atoms with Crippen molar-refractivity contribution in [3.05, 3.63) is 18.2 Å². The Morgan fingerprint density at radius 1 is 1.23 bits per heavy atom. The van der Waals surface area contributed by atoms with Gasteiger partial charge in [-0.3, -0.25) is 9.59 Å². The lowest BCUT2D eigenvalue weighted by atomic mass is 9.46. The van der Waals surface area contributed by atoms with Gasteiger partial charge in [0, 0.05) is 24.8 Å². The molecular formula is C19H26N4O2S. The molecule has 4 saturated carbocycles. The molecule has 0 radical (unpaired) electrons. The molecule has 0 saturated heterocycles. The van der Waals surface area contributed by atoms with Gasteiger partial charge in [-0.05, 0) is 56.6 Å². The summed E-state index contributed by atoms with van der Waals surface area (Å²) in [6.07, 6.45) is 11.7. The normalized spacial score (nSPS) is 37.5. The van der Waals surface area contributed by atoms with E-state index >= 15 is 0 Å². The molecule has 2 unspecified atom stereocenters. The highest BCUT2D eigenvalue weighted by molar-refractivity contribution is 8.12. The third-order valence-corrected chi connectivity index (χ3v) is 7.59. The van der Waals surface area contributed by atoms with Gasteiger partial charge < -0.3 is 14.8 Å². The quantitative estimate of drug-likeness (QED) is 0.864. The Morgan fingerprint density at radius 2 is 2.00 bits per heavy atom. The van der Waals surface area contributed by atoms with Crippen LogP contribution in [0.3, 0.4) is 0 Å². The van der Waals surface area contributed by atoms with Crippen molar-refractivity contribution in [3.63, 3.8) is 0 Å². The first-order valence-electron chi connectivity index (χ1n) is 9.65. The van der Waals surface area contributed by atoms with Gasteiger partial charge in [0.25, 0.3) is 5.24 Å². The first kappa shape index (κ1) is 16.7. The summed E-state index contributed by atoms with van der Waals surface area (Å²) in [7, 11) is 0. The highest BCUT2D eigenvalue weighted by Crippen LogP contribution is 2.62. The minimum Gasteiger partial charge on any atom is -0.341 e. The lowest BCUT2D eigenvalue weighted by Crippen LogP contribution is -2.66. The van der Waals surface area contributed by atoms with Gasteiger partial charge >= 0.3 is 0 Å². The number of carbonyl (C=O) groups excluding carboxylic acids is 2. The van der Waals surface area contributed by atoms with Crippen LogP contribution in [-0.2, 0) is 17.9 Å². The number of hydrogen-bond donors (Lipinski definition) is 1. The largest absolute Gasteiger partial charge is 0.341 e. The van der Waals surface area contributed by atoms with Crippen molar-refractivity contribution in [3.8, 4) is 0 Å². The van der Waals surface area contributed by atoms with Crippen LogP contribution in [0.15, 0.2) is 12.5 Å². The van der Waals surface area contributed by atoms with Crippen LogP contribution in [-0.4, -0.2) is 43.9 Å². The van der Waals surface area contributed by atoms with Gasteiger partial charge in [0.2, 0.25) is 5.91 Å². The molecule has 2 amide bonds. The summed E-state index contributed by atoms with van der Waals surface area (Å²) in [5, 5.41) is 3.36. The van der Waals surface area contributed by atoms with Gasteiger partial charge in [-0.25, -0.2) is 4.98 Å². The average molecular weight is 375 g/mol. The van der Waals surface area contributed by atoms with Crippen molar-refractivity contribution in [2.75, 3.05) is 12.8 Å². The van der Waals surface area contributed by atoms with E-state index in [9.17, 15) is 9.59 Å². The summed E-state index contributed by atoms with van der Waals surface area (Å²) in [6, 6.07) is 0. The van der Waals surface area contributed by atoms with Crippen LogP contribution in [0.2, 0.25) is 0 Å². The molecule has 26 heavy (non-hydrogen) atoms. The predicted octanol–water partition coefficient (Wildman–Crippen LogP) is 2.64. The van der Waals surface area contributed by atoms with E-state index in [2.05, 4.69) is 14.9 Å². The number of thioether (sulfide) groups is 1. The molecule has 0 aromatic carbocycles. The molecule has 2 heterocycles. The Labute approximate surface area is 158 Å². The molecule has 7 heteroatoms. The Hall–Kier alpha value is -1.50. The van der Waals surface area contributed by atoms with Crippen molar-refractivity contribution >= 4 is 22.9 Å². The van der Waals surface area contributed by atoms with Crippen molar-refractivity contribution in [1.82, 2.24) is 19.8 Å². The fourth-order valence-corrected chi connectivity index (χ4v) is 6.94. The molecule has 1 aromatic heterocycles. The molecule has 6 nitrogen and oxygen atoms in total. The van der Waals surface area contributed by atoms with Crippen LogP contribution in [0.5, 0.6) is 0 Å². The van der Waals surface area contributed by atoms with Gasteiger partial charge in [-0.15, -0.1) is 0 Å². The second kappa shape index (κ2) is 5.75. The van der Waals surface area contributed by atoms with Gasteiger partial charge in [0.1, 0.15) is 0 Å². The van der Waals surface area contributed by atoms with E-state index in [-0.39, 0.29) is 16.2 Å². The Kier molecular flexibility index (Phi) is 3.68. The molecule has 5 aliphatic rings. The van der Waals surface area contributed by atoms with Crippen LogP contribution in [0.1, 0.15) is 44.2 Å². The van der Waals surface area contributed by atoms with E-state index < -0.39 is 0 Å². The van der Waals surface area contributed by atoms with Crippen LogP contribution in [0, 0.1) is 17.3 Å². The molecule has 1 aromatic rings. The molecule has 4 aliphatic carbocycles.